The maximum atomic E-state index is 12.5. The summed E-state index contributed by atoms with van der Waals surface area (Å²) in [7, 11) is 5.36. The minimum absolute atomic E-state index is 0.0150. The minimum Gasteiger partial charge on any atom is -0.312 e. The molecule has 1 aromatic rings. The third kappa shape index (κ3) is 3.77. The van der Waals surface area contributed by atoms with E-state index in [4.69, 9.17) is 7.85 Å². The van der Waals surface area contributed by atoms with Crippen LogP contribution >= 0.6 is 0 Å². The number of imide groups is 1. The van der Waals surface area contributed by atoms with E-state index in [1.807, 2.05) is 19.1 Å². The fourth-order valence-electron chi connectivity index (χ4n) is 3.10. The summed E-state index contributed by atoms with van der Waals surface area (Å²) in [6, 6.07) is 7.27. The fourth-order valence-corrected chi connectivity index (χ4v) is 3.10. The van der Waals surface area contributed by atoms with Crippen molar-refractivity contribution in [3.05, 3.63) is 29.8 Å². The SMILES string of the molecule is [B]C(=O)C(C)C(C)c1ccc(N2C(=O)CC(CCCC)C2=O)cc1. The van der Waals surface area contributed by atoms with Crippen molar-refractivity contribution in [1.82, 2.24) is 0 Å². The first kappa shape index (κ1) is 18.4. The molecule has 1 aliphatic heterocycles. The van der Waals surface area contributed by atoms with Gasteiger partial charge in [-0.2, -0.15) is 0 Å². The first-order valence-electron chi connectivity index (χ1n) is 8.62. The summed E-state index contributed by atoms with van der Waals surface area (Å²) in [5.41, 5.74) is 1.23. The summed E-state index contributed by atoms with van der Waals surface area (Å²) in [6.45, 7) is 5.82. The molecule has 3 atom stereocenters. The number of benzene rings is 1. The van der Waals surface area contributed by atoms with Crippen LogP contribution in [0.1, 0.15) is 57.9 Å². The molecule has 126 valence electrons. The number of rotatable bonds is 7. The Balaban J connectivity index is 2.14. The third-order valence-electron chi connectivity index (χ3n) is 5.02. The van der Waals surface area contributed by atoms with Crippen molar-refractivity contribution in [2.24, 2.45) is 11.8 Å². The summed E-state index contributed by atoms with van der Waals surface area (Å²) in [5.74, 6) is -0.707. The fraction of sp³-hybridized carbons (Fsp3) is 0.526. The maximum absolute atomic E-state index is 12.5. The molecule has 3 unspecified atom stereocenters. The molecule has 1 heterocycles. The van der Waals surface area contributed by atoms with E-state index < -0.39 is 0 Å². The van der Waals surface area contributed by atoms with Crippen molar-refractivity contribution >= 4 is 31.0 Å². The van der Waals surface area contributed by atoms with Crippen LogP contribution < -0.4 is 4.90 Å². The molecular weight excluding hydrogens is 301 g/mol. The number of carbonyl (C=O) groups excluding carboxylic acids is 3. The lowest BCUT2D eigenvalue weighted by molar-refractivity contribution is -0.122. The van der Waals surface area contributed by atoms with E-state index >= 15 is 0 Å². The first-order valence-corrected chi connectivity index (χ1v) is 8.62. The number of unbranched alkanes of at least 4 members (excludes halogenated alkanes) is 1. The Kier molecular flexibility index (Phi) is 5.97. The molecule has 0 bridgehead atoms. The number of hydrogen-bond acceptors (Lipinski definition) is 3. The Morgan fingerprint density at radius 1 is 1.25 bits per heavy atom. The molecule has 1 fully saturated rings. The Hall–Kier alpha value is -1.91. The molecule has 2 rings (SSSR count). The second-order valence-electron chi connectivity index (χ2n) is 6.68. The molecule has 0 aromatic heterocycles. The normalized spacial score (nSPS) is 20.3. The molecule has 24 heavy (non-hydrogen) atoms. The van der Waals surface area contributed by atoms with Crippen molar-refractivity contribution in [1.29, 1.82) is 0 Å². The van der Waals surface area contributed by atoms with Crippen LogP contribution in [0.4, 0.5) is 5.69 Å². The second-order valence-corrected chi connectivity index (χ2v) is 6.68. The monoisotopic (exact) mass is 325 g/mol. The average Bonchev–Trinajstić information content (AvgIpc) is 2.85. The molecule has 1 aromatic carbocycles. The van der Waals surface area contributed by atoms with Gasteiger partial charge in [-0.25, -0.2) is 0 Å². The summed E-state index contributed by atoms with van der Waals surface area (Å²) in [4.78, 5) is 37.3. The molecule has 2 amide bonds. The van der Waals surface area contributed by atoms with Gasteiger partial charge in [0.05, 0.1) is 11.4 Å². The highest BCUT2D eigenvalue weighted by molar-refractivity contribution is 6.58. The van der Waals surface area contributed by atoms with E-state index in [9.17, 15) is 14.4 Å². The quantitative estimate of drug-likeness (QED) is 0.571. The average molecular weight is 325 g/mol. The zero-order valence-corrected chi connectivity index (χ0v) is 14.6. The van der Waals surface area contributed by atoms with E-state index in [1.165, 1.54) is 4.90 Å². The maximum Gasteiger partial charge on any atom is 0.237 e. The molecule has 5 heteroatoms. The van der Waals surface area contributed by atoms with Gasteiger partial charge in [0.2, 0.25) is 11.8 Å². The lowest BCUT2D eigenvalue weighted by Crippen LogP contribution is -2.30. The predicted molar refractivity (Wildman–Crippen MR) is 94.9 cm³/mol. The highest BCUT2D eigenvalue weighted by atomic mass is 16.2. The van der Waals surface area contributed by atoms with Gasteiger partial charge >= 0.3 is 0 Å². The Morgan fingerprint density at radius 2 is 1.88 bits per heavy atom. The summed E-state index contributed by atoms with van der Waals surface area (Å²) < 4.78 is 0. The standard InChI is InChI=1S/C19H24BNO3/c1-4-5-6-15-11-17(22)21(19(15)24)16-9-7-14(8-10-16)12(2)13(3)18(20)23/h7-10,12-13,15H,4-6,11H2,1-3H3. The largest absolute Gasteiger partial charge is 0.312 e. The van der Waals surface area contributed by atoms with Gasteiger partial charge in [0.1, 0.15) is 0 Å². The van der Waals surface area contributed by atoms with Crippen LogP contribution in [0.3, 0.4) is 0 Å². The minimum atomic E-state index is -0.338. The molecular formula is C19H24BNO3. The lowest BCUT2D eigenvalue weighted by atomic mass is 9.79. The highest BCUT2D eigenvalue weighted by Gasteiger charge is 2.38. The van der Waals surface area contributed by atoms with Gasteiger partial charge in [-0.05, 0) is 30.0 Å². The number of anilines is 1. The molecule has 0 N–H and O–H groups in total. The zero-order chi connectivity index (χ0) is 17.9. The van der Waals surface area contributed by atoms with Crippen LogP contribution in [0.5, 0.6) is 0 Å². The van der Waals surface area contributed by atoms with Crippen molar-refractivity contribution < 1.29 is 14.4 Å². The van der Waals surface area contributed by atoms with Gasteiger partial charge in [-0.15, -0.1) is 0 Å². The number of amides is 2. The molecule has 0 saturated carbocycles. The van der Waals surface area contributed by atoms with Crippen LogP contribution in [-0.2, 0) is 14.4 Å². The van der Waals surface area contributed by atoms with Crippen molar-refractivity contribution in [2.75, 3.05) is 4.90 Å². The van der Waals surface area contributed by atoms with E-state index in [2.05, 4.69) is 6.92 Å². The molecule has 0 aliphatic carbocycles. The topological polar surface area (TPSA) is 54.5 Å². The van der Waals surface area contributed by atoms with Gasteiger partial charge in [0.25, 0.3) is 0 Å². The molecule has 2 radical (unpaired) electrons. The van der Waals surface area contributed by atoms with Crippen LogP contribution in [0, 0.1) is 11.8 Å². The molecule has 4 nitrogen and oxygen atoms in total. The molecule has 1 saturated heterocycles. The molecule has 1 aliphatic rings. The van der Waals surface area contributed by atoms with Gasteiger partial charge < -0.3 is 4.79 Å². The van der Waals surface area contributed by atoms with Gasteiger partial charge in [0.15, 0.2) is 7.85 Å². The van der Waals surface area contributed by atoms with Crippen LogP contribution in [0.15, 0.2) is 24.3 Å². The van der Waals surface area contributed by atoms with E-state index in [1.54, 1.807) is 19.1 Å². The Labute approximate surface area is 145 Å². The van der Waals surface area contributed by atoms with Crippen LogP contribution in [-0.4, -0.2) is 25.3 Å². The van der Waals surface area contributed by atoms with Gasteiger partial charge in [-0.1, -0.05) is 45.7 Å². The van der Waals surface area contributed by atoms with Gasteiger partial charge in [0, 0.05) is 18.3 Å². The summed E-state index contributed by atoms with van der Waals surface area (Å²) in [6.07, 6.45) is 3.04. The van der Waals surface area contributed by atoms with E-state index in [0.717, 1.165) is 24.8 Å². The van der Waals surface area contributed by atoms with Crippen LogP contribution in [0.2, 0.25) is 0 Å². The molecule has 0 spiro atoms. The van der Waals surface area contributed by atoms with E-state index in [-0.39, 0.29) is 35.3 Å². The van der Waals surface area contributed by atoms with Crippen molar-refractivity contribution in [3.63, 3.8) is 0 Å². The summed E-state index contributed by atoms with van der Waals surface area (Å²) in [5, 5.41) is 0. The Bertz CT molecular complexity index is 626. The third-order valence-corrected chi connectivity index (χ3v) is 5.02. The summed E-state index contributed by atoms with van der Waals surface area (Å²) >= 11 is 0. The van der Waals surface area contributed by atoms with E-state index in [0.29, 0.717) is 12.1 Å². The first-order chi connectivity index (χ1) is 11.4. The smallest absolute Gasteiger partial charge is 0.237 e. The number of nitrogens with zero attached hydrogens (tertiary/aromatic N) is 1. The number of carbonyl (C=O) groups is 3. The van der Waals surface area contributed by atoms with Gasteiger partial charge in [-0.3, -0.25) is 14.5 Å². The Morgan fingerprint density at radius 3 is 2.42 bits per heavy atom. The van der Waals surface area contributed by atoms with Crippen molar-refractivity contribution in [2.45, 2.75) is 52.4 Å². The predicted octanol–water partition coefficient (Wildman–Crippen LogP) is 3.19. The zero-order valence-electron chi connectivity index (χ0n) is 14.6. The second kappa shape index (κ2) is 7.78. The highest BCUT2D eigenvalue weighted by Crippen LogP contribution is 2.31. The number of hydrogen-bond donors (Lipinski definition) is 0. The van der Waals surface area contributed by atoms with Crippen molar-refractivity contribution in [3.8, 4) is 0 Å². The van der Waals surface area contributed by atoms with Crippen LogP contribution in [0.25, 0.3) is 0 Å². The lowest BCUT2D eigenvalue weighted by Gasteiger charge is -2.20.